The summed E-state index contributed by atoms with van der Waals surface area (Å²) < 4.78 is 16.8. The van der Waals surface area contributed by atoms with Crippen molar-refractivity contribution >= 4 is 11.6 Å². The van der Waals surface area contributed by atoms with Crippen LogP contribution in [-0.2, 0) is 0 Å². The van der Waals surface area contributed by atoms with Gasteiger partial charge in [-0.2, -0.15) is 0 Å². The Bertz CT molecular complexity index is 770. The topological polar surface area (TPSA) is 71.3 Å². The largest absolute Gasteiger partial charge is 0.493 e. The Morgan fingerprint density at radius 3 is 2.69 bits per heavy atom. The molecule has 3 rings (SSSR count). The van der Waals surface area contributed by atoms with Gasteiger partial charge in [0.1, 0.15) is 5.76 Å². The molecule has 1 fully saturated rings. The van der Waals surface area contributed by atoms with E-state index in [0.717, 1.165) is 42.8 Å². The lowest BCUT2D eigenvalue weighted by atomic mass is 10.2. The molecule has 1 aliphatic rings. The SMILES string of the molecule is CCNC(=NCC(c1ccco1)N1CCCC1)Nc1ccc(OCC)c(OC)c1. The Balaban J connectivity index is 1.75. The molecule has 7 nitrogen and oxygen atoms in total. The summed E-state index contributed by atoms with van der Waals surface area (Å²) in [7, 11) is 1.64. The van der Waals surface area contributed by atoms with Crippen molar-refractivity contribution in [3.63, 3.8) is 0 Å². The minimum Gasteiger partial charge on any atom is -0.493 e. The quantitative estimate of drug-likeness (QED) is 0.491. The van der Waals surface area contributed by atoms with E-state index in [-0.39, 0.29) is 6.04 Å². The standard InChI is InChI=1S/C22H32N4O3/c1-4-23-22(25-17-10-11-20(28-5-2)21(15-17)27-3)24-16-18(19-9-8-14-29-19)26-12-6-7-13-26/h8-11,14-15,18H,4-7,12-13,16H2,1-3H3,(H2,23,24,25). The molecule has 158 valence electrons. The lowest BCUT2D eigenvalue weighted by molar-refractivity contribution is 0.221. The Labute approximate surface area is 173 Å². The van der Waals surface area contributed by atoms with Crippen LogP contribution in [0.2, 0.25) is 0 Å². The third kappa shape index (κ3) is 5.67. The second-order valence-corrected chi connectivity index (χ2v) is 6.92. The van der Waals surface area contributed by atoms with Gasteiger partial charge in [0, 0.05) is 18.3 Å². The van der Waals surface area contributed by atoms with E-state index in [4.69, 9.17) is 18.9 Å². The van der Waals surface area contributed by atoms with E-state index in [2.05, 4.69) is 22.5 Å². The Morgan fingerprint density at radius 2 is 2.03 bits per heavy atom. The zero-order valence-corrected chi connectivity index (χ0v) is 17.6. The van der Waals surface area contributed by atoms with Gasteiger partial charge in [0.2, 0.25) is 0 Å². The van der Waals surface area contributed by atoms with Crippen molar-refractivity contribution in [2.75, 3.05) is 45.2 Å². The number of anilines is 1. The van der Waals surface area contributed by atoms with Crippen LogP contribution in [0, 0.1) is 0 Å². The van der Waals surface area contributed by atoms with Crippen molar-refractivity contribution in [2.24, 2.45) is 4.99 Å². The van der Waals surface area contributed by atoms with Crippen LogP contribution in [0.3, 0.4) is 0 Å². The maximum Gasteiger partial charge on any atom is 0.195 e. The molecule has 7 heteroatoms. The van der Waals surface area contributed by atoms with Crippen molar-refractivity contribution in [3.05, 3.63) is 42.4 Å². The van der Waals surface area contributed by atoms with E-state index < -0.39 is 0 Å². The van der Waals surface area contributed by atoms with Gasteiger partial charge in [0.15, 0.2) is 17.5 Å². The van der Waals surface area contributed by atoms with E-state index in [1.807, 2.05) is 37.3 Å². The Kier molecular flexibility index (Phi) is 7.81. The number of methoxy groups -OCH3 is 1. The smallest absolute Gasteiger partial charge is 0.195 e. The minimum atomic E-state index is 0.151. The lowest BCUT2D eigenvalue weighted by Gasteiger charge is -2.24. The minimum absolute atomic E-state index is 0.151. The van der Waals surface area contributed by atoms with Crippen molar-refractivity contribution in [1.29, 1.82) is 0 Å². The van der Waals surface area contributed by atoms with Gasteiger partial charge >= 0.3 is 0 Å². The molecular formula is C22H32N4O3. The zero-order valence-electron chi connectivity index (χ0n) is 17.6. The molecule has 1 aromatic carbocycles. The molecule has 0 amide bonds. The molecule has 1 unspecified atom stereocenters. The van der Waals surface area contributed by atoms with Crippen LogP contribution in [0.1, 0.15) is 38.5 Å². The summed E-state index contributed by atoms with van der Waals surface area (Å²) >= 11 is 0. The van der Waals surface area contributed by atoms with E-state index in [1.54, 1.807) is 13.4 Å². The van der Waals surface area contributed by atoms with Crippen molar-refractivity contribution < 1.29 is 13.9 Å². The molecule has 0 saturated carbocycles. The maximum absolute atomic E-state index is 5.70. The number of guanidine groups is 1. The number of nitrogens with zero attached hydrogens (tertiary/aromatic N) is 2. The third-order valence-electron chi connectivity index (χ3n) is 4.95. The van der Waals surface area contributed by atoms with Gasteiger partial charge in [0.05, 0.1) is 32.6 Å². The summed E-state index contributed by atoms with van der Waals surface area (Å²) in [6, 6.07) is 9.92. The molecule has 1 saturated heterocycles. The normalized spacial score (nSPS) is 15.9. The van der Waals surface area contributed by atoms with Gasteiger partial charge < -0.3 is 24.5 Å². The van der Waals surface area contributed by atoms with Gasteiger partial charge in [0.25, 0.3) is 0 Å². The second-order valence-electron chi connectivity index (χ2n) is 6.92. The van der Waals surface area contributed by atoms with E-state index in [1.165, 1.54) is 12.8 Å². The summed E-state index contributed by atoms with van der Waals surface area (Å²) in [5.74, 6) is 3.12. The summed E-state index contributed by atoms with van der Waals surface area (Å²) in [5.41, 5.74) is 0.890. The predicted molar refractivity (Wildman–Crippen MR) is 116 cm³/mol. The molecule has 29 heavy (non-hydrogen) atoms. The first-order valence-electron chi connectivity index (χ1n) is 10.4. The first kappa shape index (κ1) is 21.0. The van der Waals surface area contributed by atoms with Crippen LogP contribution in [0.25, 0.3) is 0 Å². The highest BCUT2D eigenvalue weighted by atomic mass is 16.5. The average molecular weight is 401 g/mol. The Hall–Kier alpha value is -2.67. The van der Waals surface area contributed by atoms with Crippen molar-refractivity contribution in [3.8, 4) is 11.5 Å². The number of hydrogen-bond acceptors (Lipinski definition) is 5. The monoisotopic (exact) mass is 400 g/mol. The molecule has 0 radical (unpaired) electrons. The predicted octanol–water partition coefficient (Wildman–Crippen LogP) is 3.90. The summed E-state index contributed by atoms with van der Waals surface area (Å²) in [6.07, 6.45) is 4.19. The summed E-state index contributed by atoms with van der Waals surface area (Å²) in [5, 5.41) is 6.69. The van der Waals surface area contributed by atoms with Gasteiger partial charge in [-0.1, -0.05) is 0 Å². The van der Waals surface area contributed by atoms with E-state index in [9.17, 15) is 0 Å². The van der Waals surface area contributed by atoms with E-state index in [0.29, 0.717) is 18.9 Å². The molecule has 0 aliphatic carbocycles. The number of likely N-dealkylation sites (tertiary alicyclic amines) is 1. The number of furan rings is 1. The third-order valence-corrected chi connectivity index (χ3v) is 4.95. The molecule has 1 aliphatic heterocycles. The van der Waals surface area contributed by atoms with Crippen molar-refractivity contribution in [1.82, 2.24) is 10.2 Å². The van der Waals surface area contributed by atoms with Crippen LogP contribution < -0.4 is 20.1 Å². The Morgan fingerprint density at radius 1 is 1.21 bits per heavy atom. The van der Waals surface area contributed by atoms with Crippen molar-refractivity contribution in [2.45, 2.75) is 32.7 Å². The van der Waals surface area contributed by atoms with Crippen LogP contribution >= 0.6 is 0 Å². The molecule has 1 aromatic heterocycles. The maximum atomic E-state index is 5.70. The highest BCUT2D eigenvalue weighted by Gasteiger charge is 2.25. The van der Waals surface area contributed by atoms with Crippen LogP contribution in [0.5, 0.6) is 11.5 Å². The van der Waals surface area contributed by atoms with Crippen LogP contribution in [0.4, 0.5) is 5.69 Å². The first-order chi connectivity index (χ1) is 14.2. The number of rotatable bonds is 9. The summed E-state index contributed by atoms with van der Waals surface area (Å²) in [4.78, 5) is 7.29. The number of benzene rings is 1. The van der Waals surface area contributed by atoms with E-state index >= 15 is 0 Å². The average Bonchev–Trinajstić information content (AvgIpc) is 3.44. The number of hydrogen-bond donors (Lipinski definition) is 2. The van der Waals surface area contributed by atoms with Gasteiger partial charge in [-0.05, 0) is 64.0 Å². The highest BCUT2D eigenvalue weighted by Crippen LogP contribution is 2.30. The molecule has 1 atom stereocenters. The van der Waals surface area contributed by atoms with Gasteiger partial charge in [-0.3, -0.25) is 9.89 Å². The molecule has 0 spiro atoms. The zero-order chi connectivity index (χ0) is 20.5. The molecule has 2 N–H and O–H groups in total. The fraction of sp³-hybridized carbons (Fsp3) is 0.500. The molecule has 2 aromatic rings. The molecule has 0 bridgehead atoms. The second kappa shape index (κ2) is 10.8. The lowest BCUT2D eigenvalue weighted by Crippen LogP contribution is -2.33. The highest BCUT2D eigenvalue weighted by molar-refractivity contribution is 5.93. The summed E-state index contributed by atoms with van der Waals surface area (Å²) in [6.45, 7) is 8.17. The number of nitrogens with one attached hydrogen (secondary N) is 2. The van der Waals surface area contributed by atoms with Crippen LogP contribution in [0.15, 0.2) is 46.0 Å². The van der Waals surface area contributed by atoms with Crippen LogP contribution in [-0.4, -0.2) is 50.8 Å². The fourth-order valence-corrected chi connectivity index (χ4v) is 3.56. The molecular weight excluding hydrogens is 368 g/mol. The number of ether oxygens (including phenoxy) is 2. The van der Waals surface area contributed by atoms with Gasteiger partial charge in [-0.15, -0.1) is 0 Å². The fourth-order valence-electron chi connectivity index (χ4n) is 3.56. The number of aliphatic imine (C=N–C) groups is 1. The molecule has 2 heterocycles. The van der Waals surface area contributed by atoms with Gasteiger partial charge in [-0.25, -0.2) is 0 Å². The first-order valence-corrected chi connectivity index (χ1v) is 10.4.